The van der Waals surface area contributed by atoms with Gasteiger partial charge < -0.3 is 25.3 Å². The molecule has 0 saturated carbocycles. The van der Waals surface area contributed by atoms with E-state index in [1.807, 2.05) is 43.4 Å². The standard InChI is InChI=1S/C50H47FN10O5/c1-52-48(64)30-6-4-7-31(26-30)53-50(66)47-44-40(57(2)56-47)19-17-36(45(44)51)35-15-14-34(61-21-5-8-43(61)63)27-39(35)29-9-11-32(12-10-29)59-22-24-60(25-23-59)33-13-16-37-41(28-33)58(3)55-46(37)38-18-20-42(62)54-49(38)65/h4,6-7,9-17,19,26-28,38H,5,8,18,20-25H2,1-3H3,(H,52,64)(H,53,66)(H,54,62,65). The molecule has 1 unspecified atom stereocenters. The summed E-state index contributed by atoms with van der Waals surface area (Å²) in [6.45, 7) is 3.70. The number of benzene rings is 5. The molecular weight excluding hydrogens is 840 g/mol. The Morgan fingerprint density at radius 3 is 2.15 bits per heavy atom. The van der Waals surface area contributed by atoms with E-state index < -0.39 is 17.6 Å². The molecule has 0 aliphatic carbocycles. The maximum Gasteiger partial charge on any atom is 0.276 e. The number of aromatic nitrogens is 4. The van der Waals surface area contributed by atoms with Gasteiger partial charge in [0.1, 0.15) is 5.82 Å². The van der Waals surface area contributed by atoms with Crippen molar-refractivity contribution >= 4 is 74.1 Å². The van der Waals surface area contributed by atoms with Gasteiger partial charge in [0.15, 0.2) is 5.69 Å². The lowest BCUT2D eigenvalue weighted by Crippen LogP contribution is -2.46. The number of hydrogen-bond donors (Lipinski definition) is 3. The third kappa shape index (κ3) is 7.57. The SMILES string of the molecule is CNC(=O)c1cccc(NC(=O)c2nn(C)c3ccc(-c4ccc(N5CCCC5=O)cc4-c4ccc(N5CCN(c6ccc7c(C8CCC(=O)NC8=O)nn(C)c7c6)CC5)cc4)c(F)c23)c1. The summed E-state index contributed by atoms with van der Waals surface area (Å²) < 4.78 is 20.5. The van der Waals surface area contributed by atoms with E-state index in [2.05, 4.69) is 55.1 Å². The minimum Gasteiger partial charge on any atom is -0.368 e. The Kier molecular flexibility index (Phi) is 10.8. The average Bonchev–Trinajstić information content (AvgIpc) is 4.03. The molecule has 2 aromatic heterocycles. The van der Waals surface area contributed by atoms with Crippen LogP contribution >= 0.6 is 0 Å². The smallest absolute Gasteiger partial charge is 0.276 e. The van der Waals surface area contributed by atoms with Gasteiger partial charge in [-0.2, -0.15) is 10.2 Å². The van der Waals surface area contributed by atoms with Crippen molar-refractivity contribution in [1.82, 2.24) is 30.2 Å². The number of piperazine rings is 1. The second-order valence-electron chi connectivity index (χ2n) is 17.0. The predicted molar refractivity (Wildman–Crippen MR) is 251 cm³/mol. The summed E-state index contributed by atoms with van der Waals surface area (Å²) in [6, 6.07) is 30.0. The van der Waals surface area contributed by atoms with Crippen LogP contribution in [0.3, 0.4) is 0 Å². The van der Waals surface area contributed by atoms with Gasteiger partial charge in [0.05, 0.1) is 28.0 Å². The Balaban J connectivity index is 0.916. The van der Waals surface area contributed by atoms with Crippen LogP contribution in [0, 0.1) is 5.82 Å². The summed E-state index contributed by atoms with van der Waals surface area (Å²) in [5.74, 6) is -2.51. The van der Waals surface area contributed by atoms with Gasteiger partial charge in [-0.25, -0.2) is 4.39 Å². The number of nitrogens with zero attached hydrogens (tertiary/aromatic N) is 7. The van der Waals surface area contributed by atoms with E-state index in [0.29, 0.717) is 53.8 Å². The number of fused-ring (bicyclic) bond motifs is 2. The van der Waals surface area contributed by atoms with Crippen LogP contribution in [0.4, 0.5) is 27.1 Å². The molecule has 66 heavy (non-hydrogen) atoms. The normalized spacial score (nSPS) is 16.6. The number of amides is 5. The maximum atomic E-state index is 17.2. The number of aryl methyl sites for hydroxylation is 2. The summed E-state index contributed by atoms with van der Waals surface area (Å²) in [5.41, 5.74) is 7.95. The molecule has 1 atom stereocenters. The highest BCUT2D eigenvalue weighted by molar-refractivity contribution is 6.13. The van der Waals surface area contributed by atoms with Crippen molar-refractivity contribution in [3.8, 4) is 22.3 Å². The van der Waals surface area contributed by atoms with Gasteiger partial charge in [-0.15, -0.1) is 0 Å². The zero-order valence-corrected chi connectivity index (χ0v) is 36.7. The van der Waals surface area contributed by atoms with Gasteiger partial charge >= 0.3 is 0 Å². The summed E-state index contributed by atoms with van der Waals surface area (Å²) in [6.07, 6.45) is 1.96. The highest BCUT2D eigenvalue weighted by Gasteiger charge is 2.32. The fourth-order valence-corrected chi connectivity index (χ4v) is 9.61. The molecule has 5 aromatic carbocycles. The fourth-order valence-electron chi connectivity index (χ4n) is 9.61. The number of anilines is 4. The van der Waals surface area contributed by atoms with Crippen LogP contribution in [0.15, 0.2) is 97.1 Å². The average molecular weight is 887 g/mol. The predicted octanol–water partition coefficient (Wildman–Crippen LogP) is 6.52. The fraction of sp³-hybridized carbons (Fsp3) is 0.260. The van der Waals surface area contributed by atoms with Crippen molar-refractivity contribution in [2.24, 2.45) is 14.1 Å². The molecule has 3 saturated heterocycles. The van der Waals surface area contributed by atoms with E-state index in [9.17, 15) is 24.0 Å². The second-order valence-corrected chi connectivity index (χ2v) is 17.0. The first-order chi connectivity index (χ1) is 31.9. The topological polar surface area (TPSA) is 167 Å². The number of piperidine rings is 1. The Labute approximate surface area is 379 Å². The van der Waals surface area contributed by atoms with Crippen molar-refractivity contribution in [3.63, 3.8) is 0 Å². The minimum absolute atomic E-state index is 0.0416. The molecule has 0 bridgehead atoms. The van der Waals surface area contributed by atoms with Crippen molar-refractivity contribution in [1.29, 1.82) is 0 Å². The van der Waals surface area contributed by atoms with Gasteiger partial charge in [0, 0.05) is 106 Å². The lowest BCUT2D eigenvalue weighted by Gasteiger charge is -2.37. The van der Waals surface area contributed by atoms with Crippen LogP contribution in [-0.4, -0.2) is 88.9 Å². The number of halogens is 1. The van der Waals surface area contributed by atoms with E-state index in [-0.39, 0.29) is 40.3 Å². The van der Waals surface area contributed by atoms with E-state index in [0.717, 1.165) is 71.7 Å². The van der Waals surface area contributed by atoms with Gasteiger partial charge in [0.25, 0.3) is 11.8 Å². The summed E-state index contributed by atoms with van der Waals surface area (Å²) in [5, 5.41) is 17.9. The van der Waals surface area contributed by atoms with Gasteiger partial charge in [-0.1, -0.05) is 24.3 Å². The van der Waals surface area contributed by atoms with Crippen LogP contribution < -0.4 is 30.7 Å². The van der Waals surface area contributed by atoms with Crippen molar-refractivity contribution in [2.75, 3.05) is 59.8 Å². The number of carbonyl (C=O) groups is 5. The van der Waals surface area contributed by atoms with Crippen LogP contribution in [-0.2, 0) is 28.5 Å². The quantitative estimate of drug-likeness (QED) is 0.137. The molecule has 334 valence electrons. The van der Waals surface area contributed by atoms with E-state index in [1.165, 1.54) is 11.7 Å². The molecule has 0 spiro atoms. The highest BCUT2D eigenvalue weighted by Crippen LogP contribution is 2.41. The second kappa shape index (κ2) is 16.9. The molecule has 15 nitrogen and oxygen atoms in total. The van der Waals surface area contributed by atoms with Crippen LogP contribution in [0.25, 0.3) is 44.1 Å². The zero-order chi connectivity index (χ0) is 45.8. The van der Waals surface area contributed by atoms with Crippen LogP contribution in [0.5, 0.6) is 0 Å². The number of rotatable bonds is 9. The minimum atomic E-state index is -0.625. The Morgan fingerprint density at radius 2 is 1.42 bits per heavy atom. The third-order valence-corrected chi connectivity index (χ3v) is 13.1. The van der Waals surface area contributed by atoms with Crippen molar-refractivity contribution in [3.05, 3.63) is 120 Å². The largest absolute Gasteiger partial charge is 0.368 e. The van der Waals surface area contributed by atoms with Gasteiger partial charge in [-0.05, 0) is 102 Å². The summed E-state index contributed by atoms with van der Waals surface area (Å²) >= 11 is 0. The number of imide groups is 1. The Bertz CT molecular complexity index is 3130. The Hall–Kier alpha value is -7.88. The first kappa shape index (κ1) is 42.1. The molecule has 7 aromatic rings. The van der Waals surface area contributed by atoms with Crippen molar-refractivity contribution in [2.45, 2.75) is 31.6 Å². The molecule has 5 heterocycles. The highest BCUT2D eigenvalue weighted by atomic mass is 19.1. The molecule has 5 amide bonds. The summed E-state index contributed by atoms with van der Waals surface area (Å²) in [4.78, 5) is 69.8. The van der Waals surface area contributed by atoms with Crippen molar-refractivity contribution < 1.29 is 28.4 Å². The molecule has 3 N–H and O–H groups in total. The molecule has 3 aliphatic heterocycles. The molecule has 10 rings (SSSR count). The van der Waals surface area contributed by atoms with E-state index in [1.54, 1.807) is 53.0 Å². The first-order valence-corrected chi connectivity index (χ1v) is 22.1. The number of carbonyl (C=O) groups excluding carboxylic acids is 5. The number of hydrogen-bond acceptors (Lipinski definition) is 9. The molecule has 3 fully saturated rings. The third-order valence-electron chi connectivity index (χ3n) is 13.1. The molecule has 3 aliphatic rings. The van der Waals surface area contributed by atoms with Gasteiger partial charge in [0.2, 0.25) is 17.7 Å². The maximum absolute atomic E-state index is 17.2. The molecule has 16 heteroatoms. The van der Waals surface area contributed by atoms with E-state index >= 15 is 4.39 Å². The lowest BCUT2D eigenvalue weighted by molar-refractivity contribution is -0.134. The number of nitrogens with one attached hydrogen (secondary N) is 3. The van der Waals surface area contributed by atoms with Crippen LogP contribution in [0.2, 0.25) is 0 Å². The monoisotopic (exact) mass is 886 g/mol. The molecular formula is C50H47FN10O5. The zero-order valence-electron chi connectivity index (χ0n) is 36.7. The van der Waals surface area contributed by atoms with Gasteiger partial charge in [-0.3, -0.25) is 38.7 Å². The molecule has 0 radical (unpaired) electrons. The summed E-state index contributed by atoms with van der Waals surface area (Å²) in [7, 11) is 5.05. The first-order valence-electron chi connectivity index (χ1n) is 22.1. The lowest BCUT2D eigenvalue weighted by atomic mass is 9.92. The Morgan fingerprint density at radius 1 is 0.712 bits per heavy atom. The van der Waals surface area contributed by atoms with Crippen LogP contribution in [0.1, 0.15) is 58.1 Å². The van der Waals surface area contributed by atoms with E-state index in [4.69, 9.17) is 5.10 Å².